The SMILES string of the molecule is CC=CCC(CCS(=O)(=O)N(Cc1ccc(OC)cc1)Cc1ccc(OC)cc1)(N=C(c1ccccc1)c1ccccc1)C(=O)O. The van der Waals surface area contributed by atoms with Gasteiger partial charge in [-0.05, 0) is 48.7 Å². The topological polar surface area (TPSA) is 106 Å². The van der Waals surface area contributed by atoms with E-state index < -0.39 is 27.3 Å². The van der Waals surface area contributed by atoms with E-state index in [-0.39, 0.29) is 25.9 Å². The Bertz CT molecular complexity index is 1630. The van der Waals surface area contributed by atoms with Crippen molar-refractivity contribution in [3.05, 3.63) is 144 Å². The molecule has 8 nitrogen and oxygen atoms in total. The van der Waals surface area contributed by atoms with Crippen molar-refractivity contribution >= 4 is 21.7 Å². The number of carboxylic acid groups (broad SMARTS) is 1. The molecule has 0 bridgehead atoms. The smallest absolute Gasteiger partial charge is 0.331 e. The highest BCUT2D eigenvalue weighted by Crippen LogP contribution is 2.28. The van der Waals surface area contributed by atoms with Crippen LogP contribution in [0.2, 0.25) is 0 Å². The van der Waals surface area contributed by atoms with Crippen molar-refractivity contribution in [1.82, 2.24) is 4.31 Å². The lowest BCUT2D eigenvalue weighted by molar-refractivity contribution is -0.143. The molecule has 4 aromatic carbocycles. The Kier molecular flexibility index (Phi) is 11.9. The average molecular weight is 641 g/mol. The molecule has 0 aliphatic heterocycles. The Labute approximate surface area is 271 Å². The molecule has 0 heterocycles. The van der Waals surface area contributed by atoms with Gasteiger partial charge in [-0.25, -0.2) is 13.2 Å². The first-order valence-electron chi connectivity index (χ1n) is 15.0. The predicted octanol–water partition coefficient (Wildman–Crippen LogP) is 6.75. The summed E-state index contributed by atoms with van der Waals surface area (Å²) in [5.41, 5.74) is 1.76. The number of rotatable bonds is 16. The van der Waals surface area contributed by atoms with Crippen molar-refractivity contribution in [3.63, 3.8) is 0 Å². The molecule has 0 aromatic heterocycles. The van der Waals surface area contributed by atoms with Gasteiger partial charge in [-0.2, -0.15) is 4.31 Å². The quantitative estimate of drug-likeness (QED) is 0.107. The maximum absolute atomic E-state index is 14.2. The van der Waals surface area contributed by atoms with Crippen molar-refractivity contribution in [2.45, 2.75) is 38.4 Å². The van der Waals surface area contributed by atoms with Crippen LogP contribution in [0, 0.1) is 0 Å². The van der Waals surface area contributed by atoms with Crippen LogP contribution in [-0.2, 0) is 27.9 Å². The number of sulfonamides is 1. The van der Waals surface area contributed by atoms with Gasteiger partial charge in [0.25, 0.3) is 0 Å². The van der Waals surface area contributed by atoms with Crippen LogP contribution in [0.5, 0.6) is 11.5 Å². The van der Waals surface area contributed by atoms with Crippen LogP contribution in [0.4, 0.5) is 0 Å². The second kappa shape index (κ2) is 16.0. The summed E-state index contributed by atoms with van der Waals surface area (Å²) in [6.07, 6.45) is 3.27. The van der Waals surface area contributed by atoms with Gasteiger partial charge in [0.15, 0.2) is 5.54 Å². The molecule has 0 saturated heterocycles. The molecule has 46 heavy (non-hydrogen) atoms. The molecule has 0 spiro atoms. The molecule has 0 aliphatic carbocycles. The first kappa shape index (κ1) is 34.1. The molecule has 0 radical (unpaired) electrons. The summed E-state index contributed by atoms with van der Waals surface area (Å²) in [6.45, 7) is 1.99. The highest BCUT2D eigenvalue weighted by molar-refractivity contribution is 7.89. The third-order valence-corrected chi connectivity index (χ3v) is 9.48. The van der Waals surface area contributed by atoms with Gasteiger partial charge in [0.05, 0.1) is 25.7 Å². The monoisotopic (exact) mass is 640 g/mol. The van der Waals surface area contributed by atoms with Gasteiger partial charge in [-0.15, -0.1) is 0 Å². The third kappa shape index (κ3) is 8.93. The number of hydrogen-bond acceptors (Lipinski definition) is 6. The molecule has 0 fully saturated rings. The van der Waals surface area contributed by atoms with Gasteiger partial charge < -0.3 is 14.6 Å². The Balaban J connectivity index is 1.74. The molecule has 4 aromatic rings. The van der Waals surface area contributed by atoms with Crippen molar-refractivity contribution < 1.29 is 27.8 Å². The second-order valence-corrected chi connectivity index (χ2v) is 12.9. The zero-order chi connectivity index (χ0) is 33.0. The molecule has 0 amide bonds. The molecule has 0 aliphatic rings. The van der Waals surface area contributed by atoms with Crippen molar-refractivity contribution in [2.24, 2.45) is 4.99 Å². The molecule has 1 N–H and O–H groups in total. The average Bonchev–Trinajstić information content (AvgIpc) is 3.09. The molecular weight excluding hydrogens is 600 g/mol. The van der Waals surface area contributed by atoms with Crippen LogP contribution in [0.1, 0.15) is 42.0 Å². The van der Waals surface area contributed by atoms with Gasteiger partial charge in [0.2, 0.25) is 10.0 Å². The maximum Gasteiger partial charge on any atom is 0.331 e. The summed E-state index contributed by atoms with van der Waals surface area (Å²) in [5.74, 6) is -0.297. The van der Waals surface area contributed by atoms with Gasteiger partial charge in [-0.1, -0.05) is 97.1 Å². The van der Waals surface area contributed by atoms with Gasteiger partial charge in [0, 0.05) is 30.6 Å². The fourth-order valence-electron chi connectivity index (χ4n) is 5.01. The summed E-state index contributed by atoms with van der Waals surface area (Å²) >= 11 is 0. The zero-order valence-corrected chi connectivity index (χ0v) is 27.2. The normalized spacial score (nSPS) is 12.9. The minimum atomic E-state index is -3.99. The van der Waals surface area contributed by atoms with Crippen LogP contribution in [0.3, 0.4) is 0 Å². The minimum Gasteiger partial charge on any atom is -0.497 e. The molecule has 0 saturated carbocycles. The summed E-state index contributed by atoms with van der Waals surface area (Å²) < 4.78 is 40.3. The lowest BCUT2D eigenvalue weighted by Crippen LogP contribution is -2.42. The number of ether oxygens (including phenoxy) is 2. The van der Waals surface area contributed by atoms with E-state index in [0.29, 0.717) is 17.2 Å². The van der Waals surface area contributed by atoms with E-state index in [1.165, 1.54) is 4.31 Å². The number of carbonyl (C=O) groups is 1. The minimum absolute atomic E-state index is 0.0223. The highest BCUT2D eigenvalue weighted by atomic mass is 32.2. The number of aliphatic imine (C=N–C) groups is 1. The maximum atomic E-state index is 14.2. The Morgan fingerprint density at radius 2 is 1.24 bits per heavy atom. The molecule has 1 atom stereocenters. The summed E-state index contributed by atoms with van der Waals surface area (Å²) in [5, 5.41) is 10.7. The van der Waals surface area contributed by atoms with Crippen LogP contribution in [0.25, 0.3) is 0 Å². The van der Waals surface area contributed by atoms with E-state index >= 15 is 0 Å². The summed E-state index contributed by atoms with van der Waals surface area (Å²) in [4.78, 5) is 18.1. The number of carboxylic acids is 1. The predicted molar refractivity (Wildman–Crippen MR) is 182 cm³/mol. The summed E-state index contributed by atoms with van der Waals surface area (Å²) in [7, 11) is -0.851. The fourth-order valence-corrected chi connectivity index (χ4v) is 6.55. The van der Waals surface area contributed by atoms with Crippen LogP contribution >= 0.6 is 0 Å². The Morgan fingerprint density at radius 1 is 0.783 bits per heavy atom. The van der Waals surface area contributed by atoms with Crippen LogP contribution in [-0.4, -0.2) is 55.0 Å². The highest BCUT2D eigenvalue weighted by Gasteiger charge is 2.40. The molecule has 240 valence electrons. The summed E-state index contributed by atoms with van der Waals surface area (Å²) in [6, 6.07) is 33.1. The number of nitrogens with zero attached hydrogens (tertiary/aromatic N) is 2. The van der Waals surface area contributed by atoms with Crippen LogP contribution in [0.15, 0.2) is 126 Å². The number of hydrogen-bond donors (Lipinski definition) is 1. The van der Waals surface area contributed by atoms with Gasteiger partial charge >= 0.3 is 5.97 Å². The first-order valence-corrected chi connectivity index (χ1v) is 16.6. The number of allylic oxidation sites excluding steroid dienone is 1. The van der Waals surface area contributed by atoms with Gasteiger partial charge in [0.1, 0.15) is 11.5 Å². The van der Waals surface area contributed by atoms with E-state index in [9.17, 15) is 18.3 Å². The largest absolute Gasteiger partial charge is 0.497 e. The third-order valence-electron chi connectivity index (χ3n) is 7.71. The number of benzene rings is 4. The van der Waals surface area contributed by atoms with E-state index in [2.05, 4.69) is 0 Å². The first-order chi connectivity index (χ1) is 22.2. The zero-order valence-electron chi connectivity index (χ0n) is 26.4. The van der Waals surface area contributed by atoms with Crippen molar-refractivity contribution in [3.8, 4) is 11.5 Å². The molecule has 1 unspecified atom stereocenters. The lowest BCUT2D eigenvalue weighted by Gasteiger charge is -2.28. The Hall–Kier alpha value is -4.73. The number of aliphatic carboxylic acids is 1. The van der Waals surface area contributed by atoms with E-state index in [0.717, 1.165) is 22.3 Å². The van der Waals surface area contributed by atoms with Gasteiger partial charge in [-0.3, -0.25) is 4.99 Å². The van der Waals surface area contributed by atoms with E-state index in [1.54, 1.807) is 57.6 Å². The Morgan fingerprint density at radius 3 is 1.63 bits per heavy atom. The number of methoxy groups -OCH3 is 2. The van der Waals surface area contributed by atoms with Crippen molar-refractivity contribution in [2.75, 3.05) is 20.0 Å². The van der Waals surface area contributed by atoms with Crippen LogP contribution < -0.4 is 9.47 Å². The standard InChI is InChI=1S/C37H40N2O6S/c1-4-5-24-37(36(40)41,38-35(31-12-8-6-9-13-31)32-14-10-7-11-15-32)25-26-46(42,43)39(27-29-16-20-33(44-2)21-17-29)28-30-18-22-34(45-3)23-19-30/h4-23H,24-28H2,1-3H3,(H,40,41). The van der Waals surface area contributed by atoms with Crippen molar-refractivity contribution in [1.29, 1.82) is 0 Å². The van der Waals surface area contributed by atoms with E-state index in [1.807, 2.05) is 84.9 Å². The molecule has 4 rings (SSSR count). The fraction of sp³-hybridized carbons (Fsp3) is 0.243. The lowest BCUT2D eigenvalue weighted by atomic mass is 9.90. The van der Waals surface area contributed by atoms with E-state index in [4.69, 9.17) is 14.5 Å². The molecule has 9 heteroatoms. The second-order valence-electron chi connectivity index (χ2n) is 10.8. The molecular formula is C37H40N2O6S.